The van der Waals surface area contributed by atoms with Crippen molar-refractivity contribution in [2.75, 3.05) is 25.4 Å². The standard InChI is InChI=1S/C15H24N6O2/c1-2-3-8-23-15-19-13(16)14-18-9-11(21(14)20-15)12(22)10-4-6-17-7-5-10/h9-10,12,17,22H,2-8H2,1H3,(H2,16,19,20). The van der Waals surface area contributed by atoms with Gasteiger partial charge in [0.05, 0.1) is 18.5 Å². The zero-order valence-electron chi connectivity index (χ0n) is 13.4. The van der Waals surface area contributed by atoms with Crippen molar-refractivity contribution in [1.29, 1.82) is 0 Å². The number of nitrogens with one attached hydrogen (secondary N) is 1. The van der Waals surface area contributed by atoms with Gasteiger partial charge in [-0.05, 0) is 38.3 Å². The van der Waals surface area contributed by atoms with E-state index in [4.69, 9.17) is 10.5 Å². The summed E-state index contributed by atoms with van der Waals surface area (Å²) in [5.41, 5.74) is 7.04. The number of aromatic nitrogens is 4. The van der Waals surface area contributed by atoms with E-state index in [9.17, 15) is 5.11 Å². The predicted octanol–water partition coefficient (Wildman–Crippen LogP) is 0.918. The molecule has 3 rings (SSSR count). The summed E-state index contributed by atoms with van der Waals surface area (Å²) in [6, 6.07) is 0.222. The highest BCUT2D eigenvalue weighted by Gasteiger charge is 2.26. The Labute approximate surface area is 135 Å². The van der Waals surface area contributed by atoms with E-state index < -0.39 is 6.10 Å². The number of nitrogen functional groups attached to an aromatic ring is 1. The molecule has 2 aromatic heterocycles. The molecule has 1 fully saturated rings. The third kappa shape index (κ3) is 3.37. The topological polar surface area (TPSA) is 111 Å². The summed E-state index contributed by atoms with van der Waals surface area (Å²) in [6.07, 6.45) is 4.81. The summed E-state index contributed by atoms with van der Waals surface area (Å²) in [5, 5.41) is 18.3. The van der Waals surface area contributed by atoms with E-state index in [-0.39, 0.29) is 17.7 Å². The van der Waals surface area contributed by atoms with Crippen LogP contribution in [0.1, 0.15) is 44.4 Å². The Kier molecular flexibility index (Phi) is 4.92. The predicted molar refractivity (Wildman–Crippen MR) is 86.2 cm³/mol. The van der Waals surface area contributed by atoms with Gasteiger partial charge in [0.15, 0.2) is 11.5 Å². The summed E-state index contributed by atoms with van der Waals surface area (Å²) < 4.78 is 7.11. The summed E-state index contributed by atoms with van der Waals surface area (Å²) in [6.45, 7) is 4.47. The first-order valence-corrected chi connectivity index (χ1v) is 8.23. The number of fused-ring (bicyclic) bond motifs is 1. The Bertz CT molecular complexity index is 653. The number of piperidine rings is 1. The van der Waals surface area contributed by atoms with Crippen LogP contribution in [-0.2, 0) is 0 Å². The van der Waals surface area contributed by atoms with E-state index >= 15 is 0 Å². The monoisotopic (exact) mass is 320 g/mol. The lowest BCUT2D eigenvalue weighted by atomic mass is 9.91. The van der Waals surface area contributed by atoms with Gasteiger partial charge in [0.2, 0.25) is 0 Å². The molecule has 0 aromatic carbocycles. The molecule has 0 bridgehead atoms. The maximum atomic E-state index is 10.7. The number of rotatable bonds is 6. The van der Waals surface area contributed by atoms with E-state index in [1.54, 1.807) is 10.7 Å². The van der Waals surface area contributed by atoms with Crippen molar-refractivity contribution in [3.63, 3.8) is 0 Å². The zero-order valence-corrected chi connectivity index (χ0v) is 13.4. The van der Waals surface area contributed by atoms with Crippen molar-refractivity contribution in [3.8, 4) is 6.01 Å². The molecule has 0 spiro atoms. The minimum Gasteiger partial charge on any atom is -0.462 e. The maximum absolute atomic E-state index is 10.7. The molecule has 4 N–H and O–H groups in total. The molecule has 0 saturated carbocycles. The molecule has 0 aliphatic carbocycles. The Morgan fingerprint density at radius 1 is 1.48 bits per heavy atom. The Morgan fingerprint density at radius 3 is 3.00 bits per heavy atom. The molecule has 126 valence electrons. The van der Waals surface area contributed by atoms with Crippen LogP contribution in [0, 0.1) is 5.92 Å². The highest BCUT2D eigenvalue weighted by atomic mass is 16.5. The van der Waals surface area contributed by atoms with Crippen LogP contribution in [0.2, 0.25) is 0 Å². The largest absolute Gasteiger partial charge is 0.462 e. The van der Waals surface area contributed by atoms with Crippen LogP contribution in [0.4, 0.5) is 5.82 Å². The molecule has 3 heterocycles. The minimum absolute atomic E-state index is 0.191. The molecule has 1 atom stereocenters. The van der Waals surface area contributed by atoms with E-state index in [2.05, 4.69) is 27.3 Å². The van der Waals surface area contributed by atoms with Gasteiger partial charge in [-0.2, -0.15) is 4.98 Å². The van der Waals surface area contributed by atoms with Gasteiger partial charge >= 0.3 is 6.01 Å². The Hall–Kier alpha value is -1.93. The van der Waals surface area contributed by atoms with Gasteiger partial charge in [-0.1, -0.05) is 13.3 Å². The third-order valence-electron chi connectivity index (χ3n) is 4.26. The SMILES string of the molecule is CCCCOc1nc(N)c2ncc(C(O)C3CCNCC3)n2n1. The van der Waals surface area contributed by atoms with E-state index in [0.717, 1.165) is 38.8 Å². The van der Waals surface area contributed by atoms with E-state index in [0.29, 0.717) is 17.9 Å². The molecule has 8 nitrogen and oxygen atoms in total. The fourth-order valence-electron chi connectivity index (χ4n) is 2.87. The number of nitrogens with two attached hydrogens (primary N) is 1. The number of aliphatic hydroxyl groups is 1. The molecule has 1 saturated heterocycles. The molecular weight excluding hydrogens is 296 g/mol. The number of unbranched alkanes of at least 4 members (excludes halogenated alkanes) is 1. The number of hydrogen-bond acceptors (Lipinski definition) is 7. The minimum atomic E-state index is -0.620. The first kappa shape index (κ1) is 15.9. The second-order valence-corrected chi connectivity index (χ2v) is 5.93. The highest BCUT2D eigenvalue weighted by molar-refractivity contribution is 5.59. The zero-order chi connectivity index (χ0) is 16.2. The van der Waals surface area contributed by atoms with E-state index in [1.165, 1.54) is 0 Å². The smallest absolute Gasteiger partial charge is 0.336 e. The molecule has 2 aromatic rings. The molecule has 23 heavy (non-hydrogen) atoms. The third-order valence-corrected chi connectivity index (χ3v) is 4.26. The van der Waals surface area contributed by atoms with Crippen LogP contribution in [0.25, 0.3) is 5.65 Å². The van der Waals surface area contributed by atoms with Gasteiger partial charge in [-0.25, -0.2) is 9.50 Å². The molecule has 0 radical (unpaired) electrons. The summed E-state index contributed by atoms with van der Waals surface area (Å²) >= 11 is 0. The van der Waals surface area contributed by atoms with Crippen LogP contribution in [0.5, 0.6) is 6.01 Å². The van der Waals surface area contributed by atoms with Gasteiger partial charge in [0.25, 0.3) is 0 Å². The van der Waals surface area contributed by atoms with E-state index in [1.807, 2.05) is 0 Å². The normalized spacial score (nSPS) is 17.5. The lowest BCUT2D eigenvalue weighted by molar-refractivity contribution is 0.0833. The number of hydrogen-bond donors (Lipinski definition) is 3. The second-order valence-electron chi connectivity index (χ2n) is 5.93. The first-order valence-electron chi connectivity index (χ1n) is 8.23. The van der Waals surface area contributed by atoms with Gasteiger partial charge in [-0.15, -0.1) is 5.10 Å². The van der Waals surface area contributed by atoms with Crippen molar-refractivity contribution in [2.24, 2.45) is 5.92 Å². The number of aliphatic hydroxyl groups excluding tert-OH is 1. The Balaban J connectivity index is 1.87. The molecule has 1 aliphatic heterocycles. The molecule has 1 unspecified atom stereocenters. The lowest BCUT2D eigenvalue weighted by Crippen LogP contribution is -2.31. The average Bonchev–Trinajstić information content (AvgIpc) is 3.00. The van der Waals surface area contributed by atoms with Crippen LogP contribution >= 0.6 is 0 Å². The quantitative estimate of drug-likeness (QED) is 0.679. The molecular formula is C15H24N6O2. The number of imidazole rings is 1. The fraction of sp³-hybridized carbons (Fsp3) is 0.667. The van der Waals surface area contributed by atoms with Gasteiger partial charge < -0.3 is 20.9 Å². The molecule has 1 aliphatic rings. The number of anilines is 1. The van der Waals surface area contributed by atoms with Crippen LogP contribution < -0.4 is 15.8 Å². The highest BCUT2D eigenvalue weighted by Crippen LogP contribution is 2.29. The van der Waals surface area contributed by atoms with Crippen molar-refractivity contribution < 1.29 is 9.84 Å². The summed E-state index contributed by atoms with van der Waals surface area (Å²) in [4.78, 5) is 8.38. The summed E-state index contributed by atoms with van der Waals surface area (Å²) in [7, 11) is 0. The van der Waals surface area contributed by atoms with Crippen LogP contribution in [-0.4, -0.2) is 44.4 Å². The lowest BCUT2D eigenvalue weighted by Gasteiger charge is -2.26. The maximum Gasteiger partial charge on any atom is 0.336 e. The number of nitrogens with zero attached hydrogens (tertiary/aromatic N) is 4. The molecule has 8 heteroatoms. The van der Waals surface area contributed by atoms with Crippen LogP contribution in [0.15, 0.2) is 6.20 Å². The van der Waals surface area contributed by atoms with Gasteiger partial charge in [-0.3, -0.25) is 0 Å². The first-order chi connectivity index (χ1) is 11.2. The summed E-state index contributed by atoms with van der Waals surface area (Å²) in [5.74, 6) is 0.451. The second kappa shape index (κ2) is 7.10. The van der Waals surface area contributed by atoms with Gasteiger partial charge in [0, 0.05) is 0 Å². The fourth-order valence-corrected chi connectivity index (χ4v) is 2.87. The van der Waals surface area contributed by atoms with Crippen molar-refractivity contribution in [2.45, 2.75) is 38.7 Å². The molecule has 0 amide bonds. The van der Waals surface area contributed by atoms with Crippen LogP contribution in [0.3, 0.4) is 0 Å². The van der Waals surface area contributed by atoms with Gasteiger partial charge in [0.1, 0.15) is 6.10 Å². The average molecular weight is 320 g/mol. The Morgan fingerprint density at radius 2 is 2.26 bits per heavy atom. The number of ether oxygens (including phenoxy) is 1. The van der Waals surface area contributed by atoms with Crippen molar-refractivity contribution >= 4 is 11.5 Å². The van der Waals surface area contributed by atoms with Crippen molar-refractivity contribution in [1.82, 2.24) is 24.9 Å². The van der Waals surface area contributed by atoms with Crippen molar-refractivity contribution in [3.05, 3.63) is 11.9 Å².